The highest BCUT2D eigenvalue weighted by Crippen LogP contribution is 2.17. The first kappa shape index (κ1) is 20.7. The molecule has 3 aromatic rings. The van der Waals surface area contributed by atoms with Gasteiger partial charge in [-0.1, -0.05) is 50.2 Å². The monoisotopic (exact) mass is 394 g/mol. The Morgan fingerprint density at radius 2 is 1.72 bits per heavy atom. The van der Waals surface area contributed by atoms with E-state index in [0.717, 1.165) is 25.2 Å². The van der Waals surface area contributed by atoms with Gasteiger partial charge in [0.2, 0.25) is 0 Å². The molecule has 0 bridgehead atoms. The van der Waals surface area contributed by atoms with Crippen LogP contribution in [0.1, 0.15) is 41.0 Å². The van der Waals surface area contributed by atoms with Gasteiger partial charge in [0.15, 0.2) is 0 Å². The molecule has 152 valence electrons. The van der Waals surface area contributed by atoms with Gasteiger partial charge in [-0.2, -0.15) is 5.10 Å². The van der Waals surface area contributed by atoms with Crippen LogP contribution < -0.4 is 5.32 Å². The van der Waals surface area contributed by atoms with Gasteiger partial charge in [0, 0.05) is 13.1 Å². The smallest absolute Gasteiger partial charge is 0.255 e. The lowest BCUT2D eigenvalue weighted by Crippen LogP contribution is -2.23. The number of hydrogen-bond donors (Lipinski definition) is 1. The lowest BCUT2D eigenvalue weighted by atomic mass is 10.1. The van der Waals surface area contributed by atoms with Gasteiger partial charge in [-0.3, -0.25) is 9.69 Å². The van der Waals surface area contributed by atoms with Crippen LogP contribution in [0.2, 0.25) is 0 Å². The number of carbonyl (C=O) groups is 1. The average molecular weight is 394 g/mol. The third-order valence-corrected chi connectivity index (χ3v) is 5.11. The molecule has 1 N–H and O–H groups in total. The number of amides is 1. The van der Waals surface area contributed by atoms with E-state index in [0.29, 0.717) is 23.5 Å². The summed E-state index contributed by atoms with van der Waals surface area (Å²) in [5, 5.41) is 7.11. The number of halogens is 1. The van der Waals surface area contributed by atoms with Crippen LogP contribution >= 0.6 is 0 Å². The second-order valence-electron chi connectivity index (χ2n) is 6.97. The number of nitrogens with one attached hydrogen (secondary N) is 1. The standard InChI is InChI=1S/C23H27FN4O/c1-4-27(5-2)16-19-12-10-18(11-13-19)14-25-23(29)20-15-26-28(17(20)3)22-9-7-6-8-21(22)24/h6-13,15H,4-5,14,16H2,1-3H3,(H,25,29). The quantitative estimate of drug-likeness (QED) is 0.626. The van der Waals surface area contributed by atoms with Crippen LogP contribution in [0.4, 0.5) is 4.39 Å². The van der Waals surface area contributed by atoms with E-state index in [9.17, 15) is 9.18 Å². The maximum Gasteiger partial charge on any atom is 0.255 e. The van der Waals surface area contributed by atoms with E-state index in [4.69, 9.17) is 0 Å². The van der Waals surface area contributed by atoms with Crippen molar-refractivity contribution in [2.24, 2.45) is 0 Å². The Morgan fingerprint density at radius 3 is 2.38 bits per heavy atom. The molecule has 3 rings (SSSR count). The number of rotatable bonds is 8. The molecule has 0 aliphatic heterocycles. The summed E-state index contributed by atoms with van der Waals surface area (Å²) in [5.74, 6) is -0.604. The number of carbonyl (C=O) groups excluding carboxylic acids is 1. The normalized spacial score (nSPS) is 11.1. The second kappa shape index (κ2) is 9.47. The molecule has 5 nitrogen and oxygen atoms in total. The number of nitrogens with zero attached hydrogens (tertiary/aromatic N) is 3. The maximum atomic E-state index is 14.0. The van der Waals surface area contributed by atoms with E-state index in [-0.39, 0.29) is 11.7 Å². The Hall–Kier alpha value is -2.99. The predicted molar refractivity (Wildman–Crippen MR) is 112 cm³/mol. The summed E-state index contributed by atoms with van der Waals surface area (Å²) in [6.07, 6.45) is 1.48. The third kappa shape index (κ3) is 4.90. The van der Waals surface area contributed by atoms with E-state index in [2.05, 4.69) is 41.3 Å². The van der Waals surface area contributed by atoms with Crippen molar-refractivity contribution < 1.29 is 9.18 Å². The molecule has 0 aliphatic carbocycles. The predicted octanol–water partition coefficient (Wildman–Crippen LogP) is 4.09. The summed E-state index contributed by atoms with van der Waals surface area (Å²) < 4.78 is 15.5. The molecule has 0 aliphatic rings. The van der Waals surface area contributed by atoms with Crippen molar-refractivity contribution in [2.45, 2.75) is 33.9 Å². The third-order valence-electron chi connectivity index (χ3n) is 5.11. The number of para-hydroxylation sites is 1. The molecular weight excluding hydrogens is 367 g/mol. The SMILES string of the molecule is CCN(CC)Cc1ccc(CNC(=O)c2cnn(-c3ccccc3F)c2C)cc1. The van der Waals surface area contributed by atoms with Crippen LogP contribution in [0.5, 0.6) is 0 Å². The minimum Gasteiger partial charge on any atom is -0.348 e. The molecule has 1 heterocycles. The summed E-state index contributed by atoms with van der Waals surface area (Å²) in [6.45, 7) is 9.47. The molecule has 1 aromatic heterocycles. The van der Waals surface area contributed by atoms with Crippen LogP contribution in [-0.2, 0) is 13.1 Å². The van der Waals surface area contributed by atoms with Crippen molar-refractivity contribution in [1.29, 1.82) is 0 Å². The van der Waals surface area contributed by atoms with Crippen LogP contribution in [0.3, 0.4) is 0 Å². The summed E-state index contributed by atoms with van der Waals surface area (Å²) in [7, 11) is 0. The second-order valence-corrected chi connectivity index (χ2v) is 6.97. The molecule has 0 radical (unpaired) electrons. The first-order valence-corrected chi connectivity index (χ1v) is 9.91. The Kier molecular flexibility index (Phi) is 6.77. The number of benzene rings is 2. The van der Waals surface area contributed by atoms with Gasteiger partial charge in [0.1, 0.15) is 11.5 Å². The fourth-order valence-corrected chi connectivity index (χ4v) is 3.24. The van der Waals surface area contributed by atoms with Gasteiger partial charge < -0.3 is 5.32 Å². The van der Waals surface area contributed by atoms with Gasteiger partial charge in [-0.05, 0) is 43.3 Å². The molecule has 2 aromatic carbocycles. The minimum absolute atomic E-state index is 0.225. The fourth-order valence-electron chi connectivity index (χ4n) is 3.24. The maximum absolute atomic E-state index is 14.0. The van der Waals surface area contributed by atoms with E-state index in [1.54, 1.807) is 25.1 Å². The highest BCUT2D eigenvalue weighted by Gasteiger charge is 2.16. The molecule has 0 saturated carbocycles. The van der Waals surface area contributed by atoms with Crippen molar-refractivity contribution >= 4 is 5.91 Å². The summed E-state index contributed by atoms with van der Waals surface area (Å²) in [6, 6.07) is 14.6. The summed E-state index contributed by atoms with van der Waals surface area (Å²) in [4.78, 5) is 14.9. The van der Waals surface area contributed by atoms with Crippen molar-refractivity contribution in [3.63, 3.8) is 0 Å². The molecule has 0 fully saturated rings. The Balaban J connectivity index is 1.64. The first-order chi connectivity index (χ1) is 14.0. The van der Waals surface area contributed by atoms with E-state index < -0.39 is 0 Å². The molecule has 29 heavy (non-hydrogen) atoms. The Bertz CT molecular complexity index is 961. The van der Waals surface area contributed by atoms with Gasteiger partial charge in [0.25, 0.3) is 5.91 Å². The highest BCUT2D eigenvalue weighted by molar-refractivity contribution is 5.95. The highest BCUT2D eigenvalue weighted by atomic mass is 19.1. The molecule has 1 amide bonds. The van der Waals surface area contributed by atoms with E-state index in [1.807, 2.05) is 12.1 Å². The number of aromatic nitrogens is 2. The van der Waals surface area contributed by atoms with Gasteiger partial charge in [0.05, 0.1) is 17.5 Å². The topological polar surface area (TPSA) is 50.2 Å². The van der Waals surface area contributed by atoms with Crippen molar-refractivity contribution in [1.82, 2.24) is 20.0 Å². The van der Waals surface area contributed by atoms with Gasteiger partial charge >= 0.3 is 0 Å². The average Bonchev–Trinajstić information content (AvgIpc) is 3.12. The zero-order valence-corrected chi connectivity index (χ0v) is 17.2. The Labute approximate surface area is 171 Å². The fraction of sp³-hybridized carbons (Fsp3) is 0.304. The van der Waals surface area contributed by atoms with Crippen molar-refractivity contribution in [2.75, 3.05) is 13.1 Å². The molecule has 0 spiro atoms. The van der Waals surface area contributed by atoms with Crippen LogP contribution in [0, 0.1) is 12.7 Å². The summed E-state index contributed by atoms with van der Waals surface area (Å²) in [5.41, 5.74) is 3.65. The van der Waals surface area contributed by atoms with E-state index in [1.165, 1.54) is 22.5 Å². The first-order valence-electron chi connectivity index (χ1n) is 9.91. The lowest BCUT2D eigenvalue weighted by Gasteiger charge is -2.18. The summed E-state index contributed by atoms with van der Waals surface area (Å²) >= 11 is 0. The molecule has 0 saturated heterocycles. The number of hydrogen-bond acceptors (Lipinski definition) is 3. The van der Waals surface area contributed by atoms with Crippen molar-refractivity contribution in [3.05, 3.63) is 82.9 Å². The van der Waals surface area contributed by atoms with Crippen molar-refractivity contribution in [3.8, 4) is 5.69 Å². The van der Waals surface area contributed by atoms with Gasteiger partial charge in [-0.15, -0.1) is 0 Å². The zero-order chi connectivity index (χ0) is 20.8. The van der Waals surface area contributed by atoms with Crippen LogP contribution in [0.15, 0.2) is 54.7 Å². The molecule has 0 unspecified atom stereocenters. The van der Waals surface area contributed by atoms with Crippen LogP contribution in [0.25, 0.3) is 5.69 Å². The molecule has 6 heteroatoms. The largest absolute Gasteiger partial charge is 0.348 e. The Morgan fingerprint density at radius 1 is 1.07 bits per heavy atom. The van der Waals surface area contributed by atoms with Crippen LogP contribution in [-0.4, -0.2) is 33.7 Å². The lowest BCUT2D eigenvalue weighted by molar-refractivity contribution is 0.0950. The zero-order valence-electron chi connectivity index (χ0n) is 17.2. The molecular formula is C23H27FN4O. The minimum atomic E-state index is -0.379. The van der Waals surface area contributed by atoms with Gasteiger partial charge in [-0.25, -0.2) is 9.07 Å². The van der Waals surface area contributed by atoms with E-state index >= 15 is 0 Å². The molecule has 0 atom stereocenters.